The molecule has 0 aromatic heterocycles. The summed E-state index contributed by atoms with van der Waals surface area (Å²) < 4.78 is 13.7. The molecule has 1 aliphatic rings. The van der Waals surface area contributed by atoms with Crippen LogP contribution in [0, 0.1) is 5.82 Å². The van der Waals surface area contributed by atoms with Gasteiger partial charge in [0.1, 0.15) is 5.82 Å². The second-order valence-electron chi connectivity index (χ2n) is 5.94. The van der Waals surface area contributed by atoms with Crippen molar-refractivity contribution in [1.29, 1.82) is 0 Å². The van der Waals surface area contributed by atoms with E-state index in [-0.39, 0.29) is 18.3 Å². The molecule has 114 valence electrons. The Balaban J connectivity index is 1.77. The van der Waals surface area contributed by atoms with E-state index in [1.807, 2.05) is 12.1 Å². The predicted molar refractivity (Wildman–Crippen MR) is 85.3 cm³/mol. The van der Waals surface area contributed by atoms with Gasteiger partial charge in [-0.3, -0.25) is 4.79 Å². The Hall–Kier alpha value is -2.16. The zero-order valence-corrected chi connectivity index (χ0v) is 12.8. The number of fused-ring (bicyclic) bond motifs is 1. The molecule has 2 nitrogen and oxygen atoms in total. The summed E-state index contributed by atoms with van der Waals surface area (Å²) in [6.07, 6.45) is 4.57. The van der Waals surface area contributed by atoms with Crippen molar-refractivity contribution in [3.8, 4) is 0 Å². The Kier molecular flexibility index (Phi) is 4.23. The molecule has 3 heteroatoms. The number of hydrogen-bond donors (Lipinski definition) is 0. The number of halogens is 1. The highest BCUT2D eigenvalue weighted by atomic mass is 19.1. The zero-order valence-electron chi connectivity index (χ0n) is 12.8. The summed E-state index contributed by atoms with van der Waals surface area (Å²) in [5.41, 5.74) is 3.88. The van der Waals surface area contributed by atoms with Gasteiger partial charge in [0, 0.05) is 24.7 Å². The first-order chi connectivity index (χ1) is 10.6. The Morgan fingerprint density at radius 2 is 1.82 bits per heavy atom. The highest BCUT2D eigenvalue weighted by molar-refractivity contribution is 5.94. The van der Waals surface area contributed by atoms with E-state index in [1.165, 1.54) is 30.0 Å². The minimum absolute atomic E-state index is 0.0587. The molecule has 0 saturated carbocycles. The molecule has 0 spiro atoms. The zero-order chi connectivity index (χ0) is 15.5. The van der Waals surface area contributed by atoms with E-state index < -0.39 is 0 Å². The summed E-state index contributed by atoms with van der Waals surface area (Å²) >= 11 is 0. The van der Waals surface area contributed by atoms with Crippen LogP contribution in [0.4, 0.5) is 4.39 Å². The van der Waals surface area contributed by atoms with Crippen molar-refractivity contribution >= 4 is 5.91 Å². The van der Waals surface area contributed by atoms with Crippen LogP contribution in [0.1, 0.15) is 39.9 Å². The van der Waals surface area contributed by atoms with Crippen LogP contribution >= 0.6 is 0 Å². The number of carbonyl (C=O) groups excluding carboxylic acids is 1. The van der Waals surface area contributed by atoms with E-state index >= 15 is 0 Å². The van der Waals surface area contributed by atoms with Gasteiger partial charge >= 0.3 is 0 Å². The van der Waals surface area contributed by atoms with Crippen LogP contribution in [0.2, 0.25) is 0 Å². The molecule has 0 fully saturated rings. The van der Waals surface area contributed by atoms with Gasteiger partial charge in [0.25, 0.3) is 5.91 Å². The first-order valence-corrected chi connectivity index (χ1v) is 7.76. The highest BCUT2D eigenvalue weighted by Gasteiger charge is 2.16. The van der Waals surface area contributed by atoms with E-state index in [4.69, 9.17) is 0 Å². The molecule has 2 aromatic rings. The normalized spacial score (nSPS) is 13.5. The SMILES string of the molecule is CN(Cc1ccccc1F)C(=O)c1ccc2c(c1)CCCC2. The number of carbonyl (C=O) groups is 1. The van der Waals surface area contributed by atoms with Gasteiger partial charge in [-0.1, -0.05) is 24.3 Å². The van der Waals surface area contributed by atoms with Crippen LogP contribution in [0.5, 0.6) is 0 Å². The lowest BCUT2D eigenvalue weighted by molar-refractivity contribution is 0.0783. The molecule has 0 aliphatic heterocycles. The third-order valence-corrected chi connectivity index (χ3v) is 4.31. The van der Waals surface area contributed by atoms with E-state index in [0.717, 1.165) is 12.8 Å². The minimum Gasteiger partial charge on any atom is -0.337 e. The van der Waals surface area contributed by atoms with Crippen molar-refractivity contribution in [3.05, 3.63) is 70.5 Å². The molecule has 0 atom stereocenters. The molecule has 2 aromatic carbocycles. The Labute approximate surface area is 130 Å². The van der Waals surface area contributed by atoms with Crippen molar-refractivity contribution in [1.82, 2.24) is 4.90 Å². The fourth-order valence-corrected chi connectivity index (χ4v) is 3.04. The lowest BCUT2D eigenvalue weighted by Crippen LogP contribution is -2.27. The van der Waals surface area contributed by atoms with Crippen molar-refractivity contribution in [2.24, 2.45) is 0 Å². The molecule has 0 heterocycles. The molecule has 22 heavy (non-hydrogen) atoms. The van der Waals surface area contributed by atoms with E-state index in [1.54, 1.807) is 30.1 Å². The predicted octanol–water partition coefficient (Wildman–Crippen LogP) is 3.98. The van der Waals surface area contributed by atoms with Gasteiger partial charge < -0.3 is 4.90 Å². The second-order valence-corrected chi connectivity index (χ2v) is 5.94. The summed E-state index contributed by atoms with van der Waals surface area (Å²) in [5, 5.41) is 0. The van der Waals surface area contributed by atoms with Gasteiger partial charge in [0.05, 0.1) is 0 Å². The minimum atomic E-state index is -0.271. The fraction of sp³-hybridized carbons (Fsp3) is 0.316. The van der Waals surface area contributed by atoms with Crippen LogP contribution in [0.3, 0.4) is 0 Å². The van der Waals surface area contributed by atoms with E-state index in [9.17, 15) is 9.18 Å². The van der Waals surface area contributed by atoms with Gasteiger partial charge in [-0.25, -0.2) is 4.39 Å². The summed E-state index contributed by atoms with van der Waals surface area (Å²) in [6.45, 7) is 0.280. The maximum absolute atomic E-state index is 13.7. The summed E-state index contributed by atoms with van der Waals surface area (Å²) in [7, 11) is 1.72. The topological polar surface area (TPSA) is 20.3 Å². The summed E-state index contributed by atoms with van der Waals surface area (Å²) in [6, 6.07) is 12.6. The summed E-state index contributed by atoms with van der Waals surface area (Å²) in [4.78, 5) is 14.1. The average molecular weight is 297 g/mol. The largest absolute Gasteiger partial charge is 0.337 e. The number of amides is 1. The van der Waals surface area contributed by atoms with Crippen molar-refractivity contribution in [2.75, 3.05) is 7.05 Å². The Bertz CT molecular complexity index is 696. The van der Waals surface area contributed by atoms with Gasteiger partial charge in [-0.2, -0.15) is 0 Å². The van der Waals surface area contributed by atoms with Crippen LogP contribution < -0.4 is 0 Å². The molecular weight excluding hydrogens is 277 g/mol. The van der Waals surface area contributed by atoms with Crippen molar-refractivity contribution in [3.63, 3.8) is 0 Å². The van der Waals surface area contributed by atoms with Crippen molar-refractivity contribution in [2.45, 2.75) is 32.2 Å². The third-order valence-electron chi connectivity index (χ3n) is 4.31. The monoisotopic (exact) mass is 297 g/mol. The number of rotatable bonds is 3. The molecule has 0 unspecified atom stereocenters. The molecule has 3 rings (SSSR count). The first-order valence-electron chi connectivity index (χ1n) is 7.76. The quantitative estimate of drug-likeness (QED) is 0.839. The first kappa shape index (κ1) is 14.8. The Morgan fingerprint density at radius 3 is 2.59 bits per heavy atom. The fourth-order valence-electron chi connectivity index (χ4n) is 3.04. The molecular formula is C19H20FNO. The molecule has 0 bridgehead atoms. The van der Waals surface area contributed by atoms with Crippen LogP contribution in [0.25, 0.3) is 0 Å². The Morgan fingerprint density at radius 1 is 1.09 bits per heavy atom. The third kappa shape index (κ3) is 3.03. The molecule has 0 saturated heterocycles. The van der Waals surface area contributed by atoms with Crippen LogP contribution in [0.15, 0.2) is 42.5 Å². The van der Waals surface area contributed by atoms with Gasteiger partial charge in [0.2, 0.25) is 0 Å². The van der Waals surface area contributed by atoms with E-state index in [0.29, 0.717) is 11.1 Å². The van der Waals surface area contributed by atoms with Gasteiger partial charge in [-0.15, -0.1) is 0 Å². The van der Waals surface area contributed by atoms with E-state index in [2.05, 4.69) is 6.07 Å². The number of aryl methyl sites for hydroxylation is 2. The van der Waals surface area contributed by atoms with Crippen LogP contribution in [-0.4, -0.2) is 17.9 Å². The van der Waals surface area contributed by atoms with Crippen LogP contribution in [-0.2, 0) is 19.4 Å². The molecule has 1 aliphatic carbocycles. The second kappa shape index (κ2) is 6.30. The maximum Gasteiger partial charge on any atom is 0.253 e. The molecule has 1 amide bonds. The lowest BCUT2D eigenvalue weighted by atomic mass is 9.90. The van der Waals surface area contributed by atoms with Gasteiger partial charge in [0.15, 0.2) is 0 Å². The standard InChI is InChI=1S/C19H20FNO/c1-21(13-17-8-4-5-9-18(17)20)19(22)16-11-10-14-6-2-3-7-15(14)12-16/h4-5,8-12H,2-3,6-7,13H2,1H3. The number of benzene rings is 2. The maximum atomic E-state index is 13.7. The summed E-state index contributed by atoms with van der Waals surface area (Å²) in [5.74, 6) is -0.329. The number of nitrogens with zero attached hydrogens (tertiary/aromatic N) is 1. The smallest absolute Gasteiger partial charge is 0.253 e. The molecule has 0 N–H and O–H groups in total. The lowest BCUT2D eigenvalue weighted by Gasteiger charge is -2.20. The van der Waals surface area contributed by atoms with Gasteiger partial charge in [-0.05, 0) is 55.0 Å². The average Bonchev–Trinajstić information content (AvgIpc) is 2.55. The number of hydrogen-bond acceptors (Lipinski definition) is 1. The molecule has 0 radical (unpaired) electrons. The van der Waals surface area contributed by atoms with Crippen molar-refractivity contribution < 1.29 is 9.18 Å². The highest BCUT2D eigenvalue weighted by Crippen LogP contribution is 2.23.